The van der Waals surface area contributed by atoms with Crippen LogP contribution in [0.2, 0.25) is 0 Å². The molecule has 0 bridgehead atoms. The molecule has 0 atom stereocenters. The molecule has 0 unspecified atom stereocenters. The lowest BCUT2D eigenvalue weighted by Gasteiger charge is -2.43. The molecule has 1 aliphatic carbocycles. The summed E-state index contributed by atoms with van der Waals surface area (Å²) in [5.74, 6) is 1.35. The third kappa shape index (κ3) is 2.29. The van der Waals surface area contributed by atoms with Gasteiger partial charge in [0.15, 0.2) is 0 Å². The number of rotatable bonds is 3. The van der Waals surface area contributed by atoms with Gasteiger partial charge < -0.3 is 4.74 Å². The third-order valence-corrected chi connectivity index (χ3v) is 4.64. The summed E-state index contributed by atoms with van der Waals surface area (Å²) in [5.41, 5.74) is 3.16. The van der Waals surface area contributed by atoms with Gasteiger partial charge in [-0.2, -0.15) is 5.26 Å². The summed E-state index contributed by atoms with van der Waals surface area (Å²) in [6.07, 6.45) is 1.78. The molecule has 0 radical (unpaired) electrons. The Morgan fingerprint density at radius 3 is 2.48 bits per heavy atom. The fourth-order valence-corrected chi connectivity index (χ4v) is 3.25. The van der Waals surface area contributed by atoms with Gasteiger partial charge in [-0.25, -0.2) is 0 Å². The lowest BCUT2D eigenvalue weighted by molar-refractivity contribution is 0.269. The molecule has 1 fully saturated rings. The monoisotopic (exact) mass is 277 g/mol. The molecule has 0 spiro atoms. The average molecular weight is 277 g/mol. The summed E-state index contributed by atoms with van der Waals surface area (Å²) >= 11 is 0. The van der Waals surface area contributed by atoms with E-state index >= 15 is 0 Å². The summed E-state index contributed by atoms with van der Waals surface area (Å²) in [7, 11) is 1.68. The second-order valence-corrected chi connectivity index (χ2v) is 5.89. The Kier molecular flexibility index (Phi) is 3.43. The average Bonchev–Trinajstić information content (AvgIpc) is 2.49. The molecule has 1 aliphatic rings. The maximum atomic E-state index is 9.70. The molecule has 0 heterocycles. The second-order valence-electron chi connectivity index (χ2n) is 5.89. The molecule has 2 heteroatoms. The van der Waals surface area contributed by atoms with Crippen LogP contribution in [0.3, 0.4) is 0 Å². The Bertz CT molecular complexity index is 678. The minimum absolute atomic E-state index is 0.360. The van der Waals surface area contributed by atoms with Crippen molar-refractivity contribution >= 4 is 0 Å². The fourth-order valence-electron chi connectivity index (χ4n) is 3.25. The van der Waals surface area contributed by atoms with Gasteiger partial charge in [0.1, 0.15) is 5.75 Å². The molecule has 2 aromatic rings. The van der Waals surface area contributed by atoms with Crippen LogP contribution in [0.25, 0.3) is 0 Å². The van der Waals surface area contributed by atoms with E-state index < -0.39 is 0 Å². The highest BCUT2D eigenvalue weighted by molar-refractivity contribution is 5.46. The van der Waals surface area contributed by atoms with Gasteiger partial charge in [0.05, 0.1) is 18.6 Å². The summed E-state index contributed by atoms with van der Waals surface area (Å²) in [4.78, 5) is 0. The van der Waals surface area contributed by atoms with Crippen LogP contribution < -0.4 is 4.74 Å². The number of hydrogen-bond donors (Lipinski definition) is 0. The standard InChI is InChI=1S/C19H19NO/c1-14-8-9-17(10-18(14)21-2)19(13-20)11-16(12-19)15-6-4-3-5-7-15/h3-10,16H,11-12H2,1-2H3. The highest BCUT2D eigenvalue weighted by Gasteiger charge is 2.46. The topological polar surface area (TPSA) is 33.0 Å². The Balaban J connectivity index is 1.86. The van der Waals surface area contributed by atoms with Crippen molar-refractivity contribution < 1.29 is 4.74 Å². The van der Waals surface area contributed by atoms with Crippen molar-refractivity contribution in [1.82, 2.24) is 0 Å². The van der Waals surface area contributed by atoms with Crippen molar-refractivity contribution in [1.29, 1.82) is 5.26 Å². The molecular formula is C19H19NO. The lowest BCUT2D eigenvalue weighted by Crippen LogP contribution is -2.38. The summed E-state index contributed by atoms with van der Waals surface area (Å²) in [6, 6.07) is 19.2. The van der Waals surface area contributed by atoms with Gasteiger partial charge in [0.25, 0.3) is 0 Å². The van der Waals surface area contributed by atoms with Gasteiger partial charge in [-0.05, 0) is 48.4 Å². The minimum atomic E-state index is -0.360. The molecule has 2 nitrogen and oxygen atoms in total. The molecule has 0 N–H and O–H groups in total. The lowest BCUT2D eigenvalue weighted by atomic mass is 9.57. The highest BCUT2D eigenvalue weighted by Crippen LogP contribution is 2.52. The Hall–Kier alpha value is -2.27. The van der Waals surface area contributed by atoms with Crippen LogP contribution in [-0.2, 0) is 5.41 Å². The van der Waals surface area contributed by atoms with Gasteiger partial charge in [0, 0.05) is 0 Å². The maximum Gasteiger partial charge on any atom is 0.122 e. The molecule has 1 saturated carbocycles. The third-order valence-electron chi connectivity index (χ3n) is 4.64. The van der Waals surface area contributed by atoms with Crippen molar-refractivity contribution in [2.24, 2.45) is 0 Å². The van der Waals surface area contributed by atoms with Crippen LogP contribution in [0.15, 0.2) is 48.5 Å². The zero-order valence-corrected chi connectivity index (χ0v) is 12.5. The maximum absolute atomic E-state index is 9.70. The van der Waals surface area contributed by atoms with Gasteiger partial charge >= 0.3 is 0 Å². The molecular weight excluding hydrogens is 258 g/mol. The predicted octanol–water partition coefficient (Wildman–Crippen LogP) is 4.34. The Morgan fingerprint density at radius 1 is 1.14 bits per heavy atom. The second kappa shape index (κ2) is 5.26. The number of nitrogens with zero attached hydrogens (tertiary/aromatic N) is 1. The van der Waals surface area contributed by atoms with E-state index in [4.69, 9.17) is 4.74 Å². The Morgan fingerprint density at radius 2 is 1.86 bits per heavy atom. The van der Waals surface area contributed by atoms with Crippen LogP contribution in [0.1, 0.15) is 35.4 Å². The number of aryl methyl sites for hydroxylation is 1. The predicted molar refractivity (Wildman–Crippen MR) is 83.4 cm³/mol. The van der Waals surface area contributed by atoms with E-state index in [0.29, 0.717) is 5.92 Å². The first-order valence-corrected chi connectivity index (χ1v) is 7.30. The van der Waals surface area contributed by atoms with Crippen LogP contribution in [0.4, 0.5) is 0 Å². The summed E-state index contributed by atoms with van der Waals surface area (Å²) < 4.78 is 5.40. The van der Waals surface area contributed by atoms with Crippen LogP contribution in [0, 0.1) is 18.3 Å². The fraction of sp³-hybridized carbons (Fsp3) is 0.316. The van der Waals surface area contributed by atoms with Crippen molar-refractivity contribution in [2.45, 2.75) is 31.1 Å². The first kappa shape index (κ1) is 13.7. The molecule has 106 valence electrons. The van der Waals surface area contributed by atoms with E-state index in [0.717, 1.165) is 29.7 Å². The molecule has 0 amide bonds. The zero-order chi connectivity index (χ0) is 14.9. The van der Waals surface area contributed by atoms with Crippen molar-refractivity contribution in [2.75, 3.05) is 7.11 Å². The molecule has 0 aliphatic heterocycles. The molecule has 0 saturated heterocycles. The van der Waals surface area contributed by atoms with E-state index in [1.54, 1.807) is 7.11 Å². The van der Waals surface area contributed by atoms with Crippen molar-refractivity contribution in [3.05, 3.63) is 65.2 Å². The van der Waals surface area contributed by atoms with Crippen LogP contribution in [-0.4, -0.2) is 7.11 Å². The van der Waals surface area contributed by atoms with E-state index in [1.807, 2.05) is 25.1 Å². The number of methoxy groups -OCH3 is 1. The molecule has 0 aromatic heterocycles. The molecule has 3 rings (SSSR count). The van der Waals surface area contributed by atoms with Crippen molar-refractivity contribution in [3.63, 3.8) is 0 Å². The van der Waals surface area contributed by atoms with E-state index in [2.05, 4.69) is 36.4 Å². The first-order valence-electron chi connectivity index (χ1n) is 7.30. The van der Waals surface area contributed by atoms with E-state index in [-0.39, 0.29) is 5.41 Å². The molecule has 2 aromatic carbocycles. The summed E-state index contributed by atoms with van der Waals surface area (Å²) in [6.45, 7) is 2.02. The number of ether oxygens (including phenoxy) is 1. The minimum Gasteiger partial charge on any atom is -0.496 e. The highest BCUT2D eigenvalue weighted by atomic mass is 16.5. The van der Waals surface area contributed by atoms with Crippen LogP contribution in [0.5, 0.6) is 5.75 Å². The quantitative estimate of drug-likeness (QED) is 0.836. The summed E-state index contributed by atoms with van der Waals surface area (Å²) in [5, 5.41) is 9.70. The SMILES string of the molecule is COc1cc(C2(C#N)CC(c3ccccc3)C2)ccc1C. The van der Waals surface area contributed by atoms with Gasteiger partial charge in [-0.1, -0.05) is 42.5 Å². The normalized spacial score (nSPS) is 24.0. The number of hydrogen-bond acceptors (Lipinski definition) is 2. The van der Waals surface area contributed by atoms with E-state index in [9.17, 15) is 5.26 Å². The van der Waals surface area contributed by atoms with Gasteiger partial charge in [0.2, 0.25) is 0 Å². The number of nitriles is 1. The smallest absolute Gasteiger partial charge is 0.122 e. The van der Waals surface area contributed by atoms with Crippen LogP contribution >= 0.6 is 0 Å². The van der Waals surface area contributed by atoms with E-state index in [1.165, 1.54) is 5.56 Å². The first-order chi connectivity index (χ1) is 10.2. The zero-order valence-electron chi connectivity index (χ0n) is 12.5. The van der Waals surface area contributed by atoms with Gasteiger partial charge in [-0.3, -0.25) is 0 Å². The number of benzene rings is 2. The van der Waals surface area contributed by atoms with Crippen molar-refractivity contribution in [3.8, 4) is 11.8 Å². The molecule has 21 heavy (non-hydrogen) atoms. The van der Waals surface area contributed by atoms with Gasteiger partial charge in [-0.15, -0.1) is 0 Å². The largest absolute Gasteiger partial charge is 0.496 e. The Labute approximate surface area is 126 Å².